The lowest BCUT2D eigenvalue weighted by Crippen LogP contribution is -2.43. The van der Waals surface area contributed by atoms with E-state index in [1.54, 1.807) is 0 Å². The Bertz CT molecular complexity index is 821. The van der Waals surface area contributed by atoms with Gasteiger partial charge in [0.25, 0.3) is 0 Å². The minimum atomic E-state index is 0.191. The molecule has 1 aromatic heterocycles. The van der Waals surface area contributed by atoms with Crippen molar-refractivity contribution in [3.63, 3.8) is 0 Å². The molecule has 1 aromatic carbocycles. The second-order valence-electron chi connectivity index (χ2n) is 7.35. The number of rotatable bonds is 7. The average molecular weight is 403 g/mol. The van der Waals surface area contributed by atoms with Gasteiger partial charge in [0.05, 0.1) is 5.75 Å². The number of carbonyl (C=O) groups is 1. The smallest absolute Gasteiger partial charge is 0.233 e. The molecule has 0 radical (unpaired) electrons. The predicted molar refractivity (Wildman–Crippen MR) is 112 cm³/mol. The zero-order chi connectivity index (χ0) is 20.1. The molecule has 0 N–H and O–H groups in total. The Morgan fingerprint density at radius 3 is 2.86 bits per heavy atom. The highest BCUT2D eigenvalue weighted by atomic mass is 32.2. The Morgan fingerprint density at radius 1 is 1.29 bits per heavy atom. The van der Waals surface area contributed by atoms with Gasteiger partial charge in [-0.15, -0.1) is 10.2 Å². The zero-order valence-corrected chi connectivity index (χ0v) is 18.1. The third-order valence-corrected chi connectivity index (χ3v) is 6.42. The van der Waals surface area contributed by atoms with Crippen LogP contribution in [-0.2, 0) is 17.9 Å². The summed E-state index contributed by atoms with van der Waals surface area (Å²) < 4.78 is 8.02. The highest BCUT2D eigenvalue weighted by Crippen LogP contribution is 2.24. The first-order valence-corrected chi connectivity index (χ1v) is 11.0. The second-order valence-corrected chi connectivity index (χ2v) is 8.29. The summed E-state index contributed by atoms with van der Waals surface area (Å²) in [5.74, 6) is 2.25. The summed E-state index contributed by atoms with van der Waals surface area (Å²) in [5.41, 5.74) is 2.34. The van der Waals surface area contributed by atoms with Crippen LogP contribution in [0.1, 0.15) is 50.1 Å². The number of piperidine rings is 1. The fourth-order valence-electron chi connectivity index (χ4n) is 3.55. The van der Waals surface area contributed by atoms with Crippen molar-refractivity contribution in [1.82, 2.24) is 19.7 Å². The van der Waals surface area contributed by atoms with E-state index in [-0.39, 0.29) is 5.91 Å². The van der Waals surface area contributed by atoms with E-state index in [1.165, 1.54) is 23.7 Å². The van der Waals surface area contributed by atoms with Crippen molar-refractivity contribution in [2.75, 3.05) is 12.3 Å². The maximum Gasteiger partial charge on any atom is 0.233 e. The molecule has 1 saturated heterocycles. The van der Waals surface area contributed by atoms with Gasteiger partial charge in [0.2, 0.25) is 5.91 Å². The number of aromatic nitrogens is 3. The quantitative estimate of drug-likeness (QED) is 0.656. The first-order valence-electron chi connectivity index (χ1n) is 10.0. The lowest BCUT2D eigenvalue weighted by Gasteiger charge is -2.33. The predicted octanol–water partition coefficient (Wildman–Crippen LogP) is 3.99. The number of hydrogen-bond acceptors (Lipinski definition) is 5. The van der Waals surface area contributed by atoms with Gasteiger partial charge in [-0.25, -0.2) is 0 Å². The zero-order valence-electron chi connectivity index (χ0n) is 17.3. The van der Waals surface area contributed by atoms with Crippen LogP contribution in [0.5, 0.6) is 5.75 Å². The maximum atomic E-state index is 12.6. The van der Waals surface area contributed by atoms with Crippen molar-refractivity contribution in [1.29, 1.82) is 0 Å². The number of likely N-dealkylation sites (tertiary alicyclic amines) is 1. The molecule has 1 aliphatic rings. The summed E-state index contributed by atoms with van der Waals surface area (Å²) >= 11 is 1.47. The Morgan fingerprint density at radius 2 is 2.11 bits per heavy atom. The van der Waals surface area contributed by atoms with Gasteiger partial charge in [-0.05, 0) is 64.2 Å². The van der Waals surface area contributed by atoms with E-state index in [9.17, 15) is 4.79 Å². The molecular weight excluding hydrogens is 372 g/mol. The molecule has 0 bridgehead atoms. The Balaban J connectivity index is 1.61. The normalized spacial score (nSPS) is 17.0. The summed E-state index contributed by atoms with van der Waals surface area (Å²) in [5, 5.41) is 9.38. The van der Waals surface area contributed by atoms with Crippen molar-refractivity contribution >= 4 is 17.7 Å². The van der Waals surface area contributed by atoms with Gasteiger partial charge in [0.1, 0.15) is 12.4 Å². The molecule has 3 rings (SSSR count). The van der Waals surface area contributed by atoms with Crippen LogP contribution in [0.25, 0.3) is 0 Å². The fraction of sp³-hybridized carbons (Fsp3) is 0.571. The number of benzene rings is 1. The lowest BCUT2D eigenvalue weighted by molar-refractivity contribution is -0.131. The second kappa shape index (κ2) is 9.45. The van der Waals surface area contributed by atoms with Crippen LogP contribution in [0.15, 0.2) is 23.4 Å². The van der Waals surface area contributed by atoms with Gasteiger partial charge in [0.15, 0.2) is 11.0 Å². The summed E-state index contributed by atoms with van der Waals surface area (Å²) in [7, 11) is 0. The first-order chi connectivity index (χ1) is 13.5. The van der Waals surface area contributed by atoms with Gasteiger partial charge < -0.3 is 14.2 Å². The molecule has 2 heterocycles. The van der Waals surface area contributed by atoms with Crippen molar-refractivity contribution in [2.45, 2.75) is 71.3 Å². The minimum Gasteiger partial charge on any atom is -0.485 e. The van der Waals surface area contributed by atoms with E-state index in [0.717, 1.165) is 48.2 Å². The van der Waals surface area contributed by atoms with Crippen LogP contribution < -0.4 is 4.74 Å². The van der Waals surface area contributed by atoms with E-state index in [2.05, 4.69) is 44.0 Å². The summed E-state index contributed by atoms with van der Waals surface area (Å²) in [6.07, 6.45) is 3.42. The number of ether oxygens (including phenoxy) is 1. The van der Waals surface area contributed by atoms with Crippen LogP contribution in [0.4, 0.5) is 0 Å². The Kier molecular flexibility index (Phi) is 6.99. The van der Waals surface area contributed by atoms with Crippen LogP contribution >= 0.6 is 11.8 Å². The third kappa shape index (κ3) is 4.69. The molecule has 152 valence electrons. The minimum absolute atomic E-state index is 0.191. The number of nitrogens with zero attached hydrogens (tertiary/aromatic N) is 4. The van der Waals surface area contributed by atoms with Crippen molar-refractivity contribution < 1.29 is 9.53 Å². The molecule has 7 heteroatoms. The highest BCUT2D eigenvalue weighted by molar-refractivity contribution is 7.99. The van der Waals surface area contributed by atoms with Gasteiger partial charge in [-0.2, -0.15) is 0 Å². The number of carbonyl (C=O) groups excluding carboxylic acids is 1. The SMILES string of the molecule is CCn1c(COc2cccc(C)c2C)nnc1SCC(=O)N1CCCCC1C. The van der Waals surface area contributed by atoms with Crippen LogP contribution in [0.2, 0.25) is 0 Å². The molecule has 1 unspecified atom stereocenters. The van der Waals surface area contributed by atoms with E-state index < -0.39 is 0 Å². The number of hydrogen-bond donors (Lipinski definition) is 0. The fourth-order valence-corrected chi connectivity index (χ4v) is 4.46. The molecule has 6 nitrogen and oxygen atoms in total. The molecule has 1 aliphatic heterocycles. The molecule has 0 saturated carbocycles. The number of amides is 1. The van der Waals surface area contributed by atoms with E-state index in [1.807, 2.05) is 21.6 Å². The molecular formula is C21H30N4O2S. The first kappa shape index (κ1) is 20.7. The van der Waals surface area contributed by atoms with Crippen LogP contribution in [0.3, 0.4) is 0 Å². The molecule has 1 fully saturated rings. The van der Waals surface area contributed by atoms with Gasteiger partial charge in [0, 0.05) is 19.1 Å². The van der Waals surface area contributed by atoms with Gasteiger partial charge >= 0.3 is 0 Å². The van der Waals surface area contributed by atoms with Crippen molar-refractivity contribution in [2.24, 2.45) is 0 Å². The molecule has 0 spiro atoms. The highest BCUT2D eigenvalue weighted by Gasteiger charge is 2.24. The molecule has 28 heavy (non-hydrogen) atoms. The average Bonchev–Trinajstić information content (AvgIpc) is 3.09. The number of aryl methyl sites for hydroxylation is 1. The Hall–Kier alpha value is -2.02. The maximum absolute atomic E-state index is 12.6. The molecule has 2 aromatic rings. The summed E-state index contributed by atoms with van der Waals surface area (Å²) in [6.45, 7) is 10.3. The van der Waals surface area contributed by atoms with E-state index >= 15 is 0 Å². The monoisotopic (exact) mass is 402 g/mol. The third-order valence-electron chi connectivity index (χ3n) is 5.47. The largest absolute Gasteiger partial charge is 0.485 e. The molecule has 1 amide bonds. The topological polar surface area (TPSA) is 60.2 Å². The molecule has 1 atom stereocenters. The summed E-state index contributed by atoms with van der Waals surface area (Å²) in [6, 6.07) is 6.39. The number of thioether (sulfide) groups is 1. The summed E-state index contributed by atoms with van der Waals surface area (Å²) in [4.78, 5) is 14.6. The van der Waals surface area contributed by atoms with Crippen molar-refractivity contribution in [3.8, 4) is 5.75 Å². The van der Waals surface area contributed by atoms with Gasteiger partial charge in [-0.1, -0.05) is 23.9 Å². The standard InChI is InChI=1S/C21H30N4O2S/c1-5-24-19(13-27-18-11-8-9-15(2)17(18)4)22-23-21(24)28-14-20(26)25-12-7-6-10-16(25)3/h8-9,11,16H,5-7,10,12-14H2,1-4H3. The van der Waals surface area contributed by atoms with Gasteiger partial charge in [-0.3, -0.25) is 4.79 Å². The van der Waals surface area contributed by atoms with Crippen LogP contribution in [-0.4, -0.2) is 43.9 Å². The lowest BCUT2D eigenvalue weighted by atomic mass is 10.0. The molecule has 0 aliphatic carbocycles. The van der Waals surface area contributed by atoms with Crippen molar-refractivity contribution in [3.05, 3.63) is 35.2 Å². The van der Waals surface area contributed by atoms with E-state index in [0.29, 0.717) is 18.4 Å². The van der Waals surface area contributed by atoms with E-state index in [4.69, 9.17) is 4.74 Å². The Labute approximate surface area is 171 Å². The van der Waals surface area contributed by atoms with Crippen LogP contribution in [0, 0.1) is 13.8 Å².